The van der Waals surface area contributed by atoms with Crippen molar-refractivity contribution in [3.8, 4) is 0 Å². The first-order chi connectivity index (χ1) is 12.0. The number of hydrogen-bond donors (Lipinski definition) is 1. The molecule has 1 aliphatic carbocycles. The van der Waals surface area contributed by atoms with Crippen molar-refractivity contribution in [1.82, 2.24) is 9.80 Å². The molecule has 0 aromatic heterocycles. The smallest absolute Gasteiger partial charge is 0.320 e. The van der Waals surface area contributed by atoms with Gasteiger partial charge in [-0.2, -0.15) is 0 Å². The van der Waals surface area contributed by atoms with Crippen molar-refractivity contribution in [2.24, 2.45) is 0 Å². The largest absolute Gasteiger partial charge is 0.480 e. The van der Waals surface area contributed by atoms with E-state index < -0.39 is 12.0 Å². The molecule has 2 aliphatic rings. The van der Waals surface area contributed by atoms with Crippen molar-refractivity contribution in [1.29, 1.82) is 0 Å². The summed E-state index contributed by atoms with van der Waals surface area (Å²) in [7, 11) is 0. The molecule has 1 aromatic rings. The number of benzene rings is 1. The molecule has 1 amide bonds. The van der Waals surface area contributed by atoms with Crippen LogP contribution in [0, 0.1) is 5.82 Å². The van der Waals surface area contributed by atoms with Crippen LogP contribution in [0.25, 0.3) is 0 Å². The van der Waals surface area contributed by atoms with Gasteiger partial charge in [-0.3, -0.25) is 14.5 Å². The van der Waals surface area contributed by atoms with E-state index >= 15 is 0 Å². The Balaban J connectivity index is 1.54. The summed E-state index contributed by atoms with van der Waals surface area (Å²) in [5.41, 5.74) is 0.951. The first-order valence-corrected chi connectivity index (χ1v) is 8.72. The number of anilines is 1. The summed E-state index contributed by atoms with van der Waals surface area (Å²) in [5, 5.41) is 9.23. The summed E-state index contributed by atoms with van der Waals surface area (Å²) in [6.45, 7) is 4.37. The van der Waals surface area contributed by atoms with Gasteiger partial charge < -0.3 is 14.9 Å². The Kier molecular flexibility index (Phi) is 5.22. The van der Waals surface area contributed by atoms with E-state index in [0.29, 0.717) is 26.2 Å². The van der Waals surface area contributed by atoms with Crippen LogP contribution in [0.15, 0.2) is 24.3 Å². The molecule has 1 N–H and O–H groups in total. The summed E-state index contributed by atoms with van der Waals surface area (Å²) >= 11 is 0. The monoisotopic (exact) mass is 349 g/mol. The summed E-state index contributed by atoms with van der Waals surface area (Å²) in [6, 6.07) is 5.95. The van der Waals surface area contributed by atoms with E-state index in [0.717, 1.165) is 18.5 Å². The van der Waals surface area contributed by atoms with Gasteiger partial charge in [0, 0.05) is 37.9 Å². The number of piperazine rings is 1. The van der Waals surface area contributed by atoms with E-state index in [4.69, 9.17) is 0 Å². The average molecular weight is 349 g/mol. The third-order valence-corrected chi connectivity index (χ3v) is 5.01. The predicted octanol–water partition coefficient (Wildman–Crippen LogP) is 1.41. The van der Waals surface area contributed by atoms with Gasteiger partial charge in [0.2, 0.25) is 5.91 Å². The van der Waals surface area contributed by atoms with Crippen LogP contribution in [-0.4, -0.2) is 71.6 Å². The lowest BCUT2D eigenvalue weighted by Crippen LogP contribution is -2.53. The Morgan fingerprint density at radius 3 is 2.32 bits per heavy atom. The minimum atomic E-state index is -0.888. The lowest BCUT2D eigenvalue weighted by Gasteiger charge is -2.37. The van der Waals surface area contributed by atoms with Crippen LogP contribution < -0.4 is 4.90 Å². The highest BCUT2D eigenvalue weighted by Crippen LogP contribution is 2.28. The number of aliphatic carboxylic acids is 1. The molecule has 7 heteroatoms. The summed E-state index contributed by atoms with van der Waals surface area (Å²) < 4.78 is 13.0. The molecule has 0 spiro atoms. The number of hydrogen-bond acceptors (Lipinski definition) is 4. The predicted molar refractivity (Wildman–Crippen MR) is 92.0 cm³/mol. The lowest BCUT2D eigenvalue weighted by atomic mass is 10.2. The number of nitrogens with zero attached hydrogens (tertiary/aromatic N) is 3. The fourth-order valence-electron chi connectivity index (χ4n) is 3.25. The van der Waals surface area contributed by atoms with Gasteiger partial charge in [0.25, 0.3) is 0 Å². The fraction of sp³-hybridized carbons (Fsp3) is 0.556. The number of carbonyl (C=O) groups is 2. The number of carboxylic acids is 1. The third kappa shape index (κ3) is 4.28. The normalized spacial score (nSPS) is 19.2. The summed E-state index contributed by atoms with van der Waals surface area (Å²) in [5.74, 6) is -1.16. The third-order valence-electron chi connectivity index (χ3n) is 5.01. The molecule has 1 heterocycles. The zero-order chi connectivity index (χ0) is 18.0. The van der Waals surface area contributed by atoms with Gasteiger partial charge in [-0.05, 0) is 44.0 Å². The van der Waals surface area contributed by atoms with E-state index in [9.17, 15) is 19.1 Å². The van der Waals surface area contributed by atoms with Gasteiger partial charge in [0.1, 0.15) is 11.9 Å². The topological polar surface area (TPSA) is 64.1 Å². The zero-order valence-electron chi connectivity index (χ0n) is 14.4. The fourth-order valence-corrected chi connectivity index (χ4v) is 3.25. The molecule has 1 atom stereocenters. The SMILES string of the molecule is CC(C(=O)O)N(CC(=O)N1CCN(c2ccc(F)cc2)CC1)C1CC1. The van der Waals surface area contributed by atoms with E-state index in [1.165, 1.54) is 12.1 Å². The van der Waals surface area contributed by atoms with Gasteiger partial charge >= 0.3 is 5.97 Å². The maximum Gasteiger partial charge on any atom is 0.320 e. The van der Waals surface area contributed by atoms with E-state index in [2.05, 4.69) is 4.90 Å². The second-order valence-electron chi connectivity index (χ2n) is 6.76. The molecular weight excluding hydrogens is 325 g/mol. The van der Waals surface area contributed by atoms with Crippen LogP contribution in [0.5, 0.6) is 0 Å². The summed E-state index contributed by atoms with van der Waals surface area (Å²) in [4.78, 5) is 29.6. The number of amides is 1. The second-order valence-corrected chi connectivity index (χ2v) is 6.76. The Bertz CT molecular complexity index is 625. The minimum Gasteiger partial charge on any atom is -0.480 e. The number of halogens is 1. The van der Waals surface area contributed by atoms with E-state index in [1.54, 1.807) is 28.9 Å². The van der Waals surface area contributed by atoms with Crippen molar-refractivity contribution < 1.29 is 19.1 Å². The number of rotatable bonds is 6. The van der Waals surface area contributed by atoms with Crippen molar-refractivity contribution in [2.75, 3.05) is 37.6 Å². The van der Waals surface area contributed by atoms with Crippen LogP contribution in [0.1, 0.15) is 19.8 Å². The molecule has 2 fully saturated rings. The van der Waals surface area contributed by atoms with Crippen LogP contribution >= 0.6 is 0 Å². The molecule has 0 radical (unpaired) electrons. The second kappa shape index (κ2) is 7.39. The molecular formula is C18H24FN3O3. The van der Waals surface area contributed by atoms with Crippen molar-refractivity contribution in [3.63, 3.8) is 0 Å². The van der Waals surface area contributed by atoms with Crippen LogP contribution in [-0.2, 0) is 9.59 Å². The van der Waals surface area contributed by atoms with Crippen LogP contribution in [0.4, 0.5) is 10.1 Å². The minimum absolute atomic E-state index is 0.0150. The quantitative estimate of drug-likeness (QED) is 0.841. The Morgan fingerprint density at radius 2 is 1.80 bits per heavy atom. The maximum atomic E-state index is 13.0. The lowest BCUT2D eigenvalue weighted by molar-refractivity contribution is -0.144. The molecule has 1 aliphatic heterocycles. The molecule has 136 valence electrons. The first kappa shape index (κ1) is 17.7. The van der Waals surface area contributed by atoms with Gasteiger partial charge in [-0.25, -0.2) is 4.39 Å². The highest BCUT2D eigenvalue weighted by Gasteiger charge is 2.37. The van der Waals surface area contributed by atoms with Gasteiger partial charge in [-0.15, -0.1) is 0 Å². The first-order valence-electron chi connectivity index (χ1n) is 8.72. The summed E-state index contributed by atoms with van der Waals surface area (Å²) in [6.07, 6.45) is 1.92. The van der Waals surface area contributed by atoms with Gasteiger partial charge in [0.15, 0.2) is 0 Å². The van der Waals surface area contributed by atoms with Gasteiger partial charge in [0.05, 0.1) is 6.54 Å². The molecule has 1 aromatic carbocycles. The molecule has 1 unspecified atom stereocenters. The van der Waals surface area contributed by atoms with Crippen molar-refractivity contribution in [3.05, 3.63) is 30.1 Å². The van der Waals surface area contributed by atoms with Crippen LogP contribution in [0.2, 0.25) is 0 Å². The highest BCUT2D eigenvalue weighted by atomic mass is 19.1. The molecule has 1 saturated carbocycles. The van der Waals surface area contributed by atoms with Crippen LogP contribution in [0.3, 0.4) is 0 Å². The molecule has 3 rings (SSSR count). The number of carboxylic acid groups (broad SMARTS) is 1. The Labute approximate surface area is 146 Å². The van der Waals surface area contributed by atoms with Gasteiger partial charge in [-0.1, -0.05) is 0 Å². The van der Waals surface area contributed by atoms with E-state index in [1.807, 2.05) is 0 Å². The van der Waals surface area contributed by atoms with Crippen molar-refractivity contribution in [2.45, 2.75) is 31.8 Å². The number of carbonyl (C=O) groups excluding carboxylic acids is 1. The standard InChI is InChI=1S/C18H24FN3O3/c1-13(18(24)25)22(16-6-7-16)12-17(23)21-10-8-20(9-11-21)15-4-2-14(19)3-5-15/h2-5,13,16H,6-12H2,1H3,(H,24,25). The van der Waals surface area contributed by atoms with Crippen molar-refractivity contribution >= 4 is 17.6 Å². The Morgan fingerprint density at radius 1 is 1.20 bits per heavy atom. The molecule has 6 nitrogen and oxygen atoms in total. The maximum absolute atomic E-state index is 13.0. The highest BCUT2D eigenvalue weighted by molar-refractivity contribution is 5.80. The van der Waals surface area contributed by atoms with E-state index in [-0.39, 0.29) is 24.3 Å². The molecule has 25 heavy (non-hydrogen) atoms. The average Bonchev–Trinajstić information content (AvgIpc) is 3.44. The molecule has 0 bridgehead atoms. The zero-order valence-corrected chi connectivity index (χ0v) is 14.4. The Hall–Kier alpha value is -2.15. The molecule has 1 saturated heterocycles.